The van der Waals surface area contributed by atoms with Crippen molar-refractivity contribution >= 4 is 23.4 Å². The lowest BCUT2D eigenvalue weighted by Gasteiger charge is -2.10. The van der Waals surface area contributed by atoms with Gasteiger partial charge in [-0.05, 0) is 61.4 Å². The first-order valence-electron chi connectivity index (χ1n) is 9.46. The van der Waals surface area contributed by atoms with Crippen molar-refractivity contribution in [3.8, 4) is 17.1 Å². The fourth-order valence-electron chi connectivity index (χ4n) is 3.06. The van der Waals surface area contributed by atoms with E-state index in [0.29, 0.717) is 23.1 Å². The van der Waals surface area contributed by atoms with Crippen molar-refractivity contribution in [2.45, 2.75) is 32.2 Å². The number of allylic oxidation sites excluding steroid dienone is 1. The molecular weight excluding hydrogens is 422 g/mol. The normalized spacial score (nSPS) is 10.9. The van der Waals surface area contributed by atoms with Crippen molar-refractivity contribution in [3.63, 3.8) is 0 Å². The van der Waals surface area contributed by atoms with Gasteiger partial charge in [0.2, 0.25) is 5.91 Å². The molecule has 1 aromatic heterocycles. The van der Waals surface area contributed by atoms with Gasteiger partial charge in [0.05, 0.1) is 5.75 Å². The summed E-state index contributed by atoms with van der Waals surface area (Å²) < 4.78 is 30.9. The van der Waals surface area contributed by atoms with Gasteiger partial charge in [-0.2, -0.15) is 8.78 Å². The van der Waals surface area contributed by atoms with E-state index in [-0.39, 0.29) is 17.4 Å². The van der Waals surface area contributed by atoms with E-state index < -0.39 is 6.61 Å². The number of halogens is 2. The molecule has 0 aliphatic rings. The molecule has 9 heteroatoms. The third-order valence-electron chi connectivity index (χ3n) is 4.20. The number of carbonyl (C=O) groups excluding carboxylic acids is 1. The number of hydrogen-bond acceptors (Lipinski definition) is 5. The number of aryl methyl sites for hydroxylation is 2. The molecule has 0 spiro atoms. The molecule has 0 saturated carbocycles. The zero-order valence-electron chi connectivity index (χ0n) is 17.1. The maximum absolute atomic E-state index is 12.4. The van der Waals surface area contributed by atoms with Crippen LogP contribution < -0.4 is 10.1 Å². The van der Waals surface area contributed by atoms with Crippen LogP contribution in [0.4, 0.5) is 14.5 Å². The van der Waals surface area contributed by atoms with Crippen molar-refractivity contribution in [1.82, 2.24) is 14.8 Å². The highest BCUT2D eigenvalue weighted by Crippen LogP contribution is 2.26. The Morgan fingerprint density at radius 3 is 2.48 bits per heavy atom. The molecule has 0 saturated heterocycles. The topological polar surface area (TPSA) is 69.0 Å². The second kappa shape index (κ2) is 10.2. The number of carbonyl (C=O) groups is 1. The van der Waals surface area contributed by atoms with Crippen LogP contribution in [-0.2, 0) is 11.3 Å². The van der Waals surface area contributed by atoms with E-state index in [2.05, 4.69) is 26.8 Å². The second-order valence-electron chi connectivity index (χ2n) is 6.82. The lowest BCUT2D eigenvalue weighted by atomic mass is 10.1. The average Bonchev–Trinajstić information content (AvgIpc) is 3.09. The molecule has 31 heavy (non-hydrogen) atoms. The highest BCUT2D eigenvalue weighted by Gasteiger charge is 2.16. The van der Waals surface area contributed by atoms with Gasteiger partial charge in [-0.15, -0.1) is 16.8 Å². The number of nitrogens with zero attached hydrogens (tertiary/aromatic N) is 3. The number of amides is 1. The van der Waals surface area contributed by atoms with Crippen molar-refractivity contribution in [3.05, 3.63) is 66.2 Å². The summed E-state index contributed by atoms with van der Waals surface area (Å²) in [5, 5.41) is 11.8. The van der Waals surface area contributed by atoms with Gasteiger partial charge in [-0.25, -0.2) is 0 Å². The van der Waals surface area contributed by atoms with Crippen molar-refractivity contribution in [2.75, 3.05) is 11.1 Å². The molecule has 0 aliphatic heterocycles. The molecule has 1 amide bonds. The fraction of sp³-hybridized carbons (Fsp3) is 0.227. The van der Waals surface area contributed by atoms with Gasteiger partial charge in [0, 0.05) is 17.8 Å². The third-order valence-corrected chi connectivity index (χ3v) is 5.17. The minimum absolute atomic E-state index is 0.0613. The molecule has 0 unspecified atom stereocenters. The Kier molecular flexibility index (Phi) is 7.41. The molecule has 6 nitrogen and oxygen atoms in total. The summed E-state index contributed by atoms with van der Waals surface area (Å²) in [5.74, 6) is 0.605. The Morgan fingerprint density at radius 2 is 1.87 bits per heavy atom. The number of hydrogen-bond donors (Lipinski definition) is 1. The zero-order valence-corrected chi connectivity index (χ0v) is 18.0. The van der Waals surface area contributed by atoms with E-state index in [1.807, 2.05) is 36.6 Å². The maximum Gasteiger partial charge on any atom is 0.387 e. The first-order valence-corrected chi connectivity index (χ1v) is 10.4. The van der Waals surface area contributed by atoms with E-state index >= 15 is 0 Å². The van der Waals surface area contributed by atoms with Crippen LogP contribution in [0.1, 0.15) is 11.1 Å². The van der Waals surface area contributed by atoms with Gasteiger partial charge < -0.3 is 10.1 Å². The Balaban J connectivity index is 1.71. The maximum atomic E-state index is 12.4. The minimum Gasteiger partial charge on any atom is -0.435 e. The predicted octanol–water partition coefficient (Wildman–Crippen LogP) is 5.08. The minimum atomic E-state index is -2.88. The summed E-state index contributed by atoms with van der Waals surface area (Å²) in [5.41, 5.74) is 3.58. The van der Waals surface area contributed by atoms with Crippen molar-refractivity contribution < 1.29 is 18.3 Å². The van der Waals surface area contributed by atoms with Gasteiger partial charge in [-0.1, -0.05) is 23.9 Å². The number of alkyl halides is 2. The highest BCUT2D eigenvalue weighted by atomic mass is 32.2. The highest BCUT2D eigenvalue weighted by molar-refractivity contribution is 7.99. The first-order chi connectivity index (χ1) is 14.9. The standard InChI is InChI=1S/C22H22F2N4O2S/c1-4-9-28-20(16-5-7-18(8-6-16)30-21(23)24)26-27-22(28)31-13-19(29)25-17-11-14(2)10-15(3)12-17/h4-8,10-12,21H,1,9,13H2,2-3H3,(H,25,29). The Labute approximate surface area is 183 Å². The Morgan fingerprint density at radius 1 is 1.19 bits per heavy atom. The van der Waals surface area contributed by atoms with Gasteiger partial charge in [0.25, 0.3) is 0 Å². The van der Waals surface area contributed by atoms with Crippen LogP contribution >= 0.6 is 11.8 Å². The number of rotatable bonds is 9. The van der Waals surface area contributed by atoms with E-state index in [4.69, 9.17) is 0 Å². The molecule has 0 fully saturated rings. The number of anilines is 1. The summed E-state index contributed by atoms with van der Waals surface area (Å²) in [7, 11) is 0. The van der Waals surface area contributed by atoms with Gasteiger partial charge in [0.1, 0.15) is 5.75 Å². The van der Waals surface area contributed by atoms with Crippen LogP contribution in [0.3, 0.4) is 0 Å². The molecule has 0 bridgehead atoms. The number of benzene rings is 2. The van der Waals surface area contributed by atoms with Crippen LogP contribution in [0, 0.1) is 13.8 Å². The Bertz CT molecular complexity index is 1050. The van der Waals surface area contributed by atoms with E-state index in [0.717, 1.165) is 16.8 Å². The quantitative estimate of drug-likeness (QED) is 0.368. The summed E-state index contributed by atoms with van der Waals surface area (Å²) in [6, 6.07) is 12.0. The monoisotopic (exact) mass is 444 g/mol. The predicted molar refractivity (Wildman–Crippen MR) is 118 cm³/mol. The van der Waals surface area contributed by atoms with Crippen LogP contribution in [0.5, 0.6) is 5.75 Å². The average molecular weight is 445 g/mol. The second-order valence-corrected chi connectivity index (χ2v) is 7.76. The molecule has 0 aliphatic carbocycles. The molecule has 0 atom stereocenters. The van der Waals surface area contributed by atoms with Crippen LogP contribution in [-0.4, -0.2) is 33.0 Å². The Hall–Kier alpha value is -3.20. The molecular formula is C22H22F2N4O2S. The van der Waals surface area contributed by atoms with Crippen molar-refractivity contribution in [2.24, 2.45) is 0 Å². The fourth-order valence-corrected chi connectivity index (χ4v) is 3.81. The third kappa shape index (κ3) is 6.14. The van der Waals surface area contributed by atoms with E-state index in [9.17, 15) is 13.6 Å². The van der Waals surface area contributed by atoms with Crippen LogP contribution in [0.25, 0.3) is 11.4 Å². The zero-order chi connectivity index (χ0) is 22.4. The molecule has 3 aromatic rings. The lowest BCUT2D eigenvalue weighted by molar-refractivity contribution is -0.113. The number of nitrogens with one attached hydrogen (secondary N) is 1. The smallest absolute Gasteiger partial charge is 0.387 e. The number of thioether (sulfide) groups is 1. The molecule has 2 aromatic carbocycles. The summed E-state index contributed by atoms with van der Waals surface area (Å²) >= 11 is 1.26. The van der Waals surface area contributed by atoms with Crippen LogP contribution in [0.15, 0.2) is 60.3 Å². The van der Waals surface area contributed by atoms with Gasteiger partial charge in [0.15, 0.2) is 11.0 Å². The van der Waals surface area contributed by atoms with E-state index in [1.165, 1.54) is 23.9 Å². The van der Waals surface area contributed by atoms with Gasteiger partial charge in [-0.3, -0.25) is 9.36 Å². The molecule has 0 radical (unpaired) electrons. The van der Waals surface area contributed by atoms with Crippen LogP contribution in [0.2, 0.25) is 0 Å². The SMILES string of the molecule is C=CCn1c(SCC(=O)Nc2cc(C)cc(C)c2)nnc1-c1ccc(OC(F)F)cc1. The van der Waals surface area contributed by atoms with Crippen molar-refractivity contribution in [1.29, 1.82) is 0 Å². The summed E-state index contributed by atoms with van der Waals surface area (Å²) in [6.07, 6.45) is 1.70. The number of ether oxygens (including phenoxy) is 1. The first kappa shape index (κ1) is 22.5. The number of aromatic nitrogens is 3. The lowest BCUT2D eigenvalue weighted by Crippen LogP contribution is -2.15. The van der Waals surface area contributed by atoms with E-state index in [1.54, 1.807) is 18.2 Å². The largest absolute Gasteiger partial charge is 0.435 e. The molecule has 1 heterocycles. The molecule has 3 rings (SSSR count). The summed E-state index contributed by atoms with van der Waals surface area (Å²) in [6.45, 7) is 5.26. The van der Waals surface area contributed by atoms with Gasteiger partial charge >= 0.3 is 6.61 Å². The summed E-state index contributed by atoms with van der Waals surface area (Å²) in [4.78, 5) is 12.4. The molecule has 1 N–H and O–H groups in total. The molecule has 162 valence electrons.